The van der Waals surface area contributed by atoms with Gasteiger partial charge < -0.3 is 10.1 Å². The minimum Gasteiger partial charge on any atom is -0.451 e. The Morgan fingerprint density at radius 1 is 1.03 bits per heavy atom. The number of rotatable bonds is 6. The van der Waals surface area contributed by atoms with Gasteiger partial charge in [-0.05, 0) is 42.0 Å². The van der Waals surface area contributed by atoms with Gasteiger partial charge in [-0.25, -0.2) is 4.79 Å². The molecular weight excluding hydrogens is 394 g/mol. The Kier molecular flexibility index (Phi) is 5.70. The number of nitrogens with one attached hydrogen (secondary N) is 1. The Labute approximate surface area is 178 Å². The highest BCUT2D eigenvalue weighted by Gasteiger charge is 2.19. The summed E-state index contributed by atoms with van der Waals surface area (Å²) in [6, 6.07) is 21.1. The van der Waals surface area contributed by atoms with E-state index in [0.29, 0.717) is 11.5 Å². The molecule has 0 spiro atoms. The zero-order valence-corrected chi connectivity index (χ0v) is 17.1. The quantitative estimate of drug-likeness (QED) is 0.485. The van der Waals surface area contributed by atoms with Crippen LogP contribution < -0.4 is 5.32 Å². The smallest absolute Gasteiger partial charge is 0.330 e. The molecule has 4 rings (SSSR count). The first-order valence-electron chi connectivity index (χ1n) is 9.82. The maximum Gasteiger partial charge on any atom is 0.330 e. The second-order valence-corrected chi connectivity index (χ2v) is 7.19. The Bertz CT molecular complexity index is 1230. The van der Waals surface area contributed by atoms with Crippen molar-refractivity contribution in [3.63, 3.8) is 0 Å². The van der Waals surface area contributed by atoms with Crippen LogP contribution in [0.1, 0.15) is 12.5 Å². The standard InChI is InChI=1S/C23H21N5O3/c1-15-7-9-18(10-8-15)22-25-27-28(26-22)14-21(29)31-16(2)23(30)24-20-12-11-17-5-3-4-6-19(17)13-20/h3-13,16H,14H2,1-2H3,(H,24,30). The Hall–Kier alpha value is -4.07. The third-order valence-electron chi connectivity index (χ3n) is 4.73. The number of aromatic nitrogens is 4. The minimum atomic E-state index is -0.973. The lowest BCUT2D eigenvalue weighted by Crippen LogP contribution is -2.31. The van der Waals surface area contributed by atoms with E-state index in [0.717, 1.165) is 26.7 Å². The summed E-state index contributed by atoms with van der Waals surface area (Å²) < 4.78 is 5.23. The fourth-order valence-corrected chi connectivity index (χ4v) is 3.04. The SMILES string of the molecule is Cc1ccc(-c2nnn(CC(=O)OC(C)C(=O)Nc3ccc4ccccc4c3)n2)cc1. The highest BCUT2D eigenvalue weighted by molar-refractivity contribution is 5.97. The molecule has 4 aromatic rings. The number of hydrogen-bond acceptors (Lipinski definition) is 6. The van der Waals surface area contributed by atoms with E-state index in [1.54, 1.807) is 6.07 Å². The molecule has 1 heterocycles. The van der Waals surface area contributed by atoms with Gasteiger partial charge in [-0.3, -0.25) is 4.79 Å². The third-order valence-corrected chi connectivity index (χ3v) is 4.73. The number of tetrazole rings is 1. The van der Waals surface area contributed by atoms with Crippen LogP contribution in [-0.2, 0) is 20.9 Å². The summed E-state index contributed by atoms with van der Waals surface area (Å²) in [5, 5.41) is 16.9. The van der Waals surface area contributed by atoms with Crippen molar-refractivity contribution in [1.29, 1.82) is 0 Å². The van der Waals surface area contributed by atoms with Crippen molar-refractivity contribution in [2.24, 2.45) is 0 Å². The fraction of sp³-hybridized carbons (Fsp3) is 0.174. The van der Waals surface area contributed by atoms with Gasteiger partial charge in [0.2, 0.25) is 5.82 Å². The number of hydrogen-bond donors (Lipinski definition) is 1. The van der Waals surface area contributed by atoms with Gasteiger partial charge in [0.05, 0.1) is 0 Å². The molecule has 1 amide bonds. The van der Waals surface area contributed by atoms with Gasteiger partial charge >= 0.3 is 5.97 Å². The molecule has 0 aliphatic heterocycles. The van der Waals surface area contributed by atoms with Crippen molar-refractivity contribution in [2.45, 2.75) is 26.5 Å². The van der Waals surface area contributed by atoms with Crippen molar-refractivity contribution in [3.8, 4) is 11.4 Å². The summed E-state index contributed by atoms with van der Waals surface area (Å²) in [5.74, 6) is -0.639. The van der Waals surface area contributed by atoms with Crippen LogP contribution in [0.5, 0.6) is 0 Å². The molecule has 1 unspecified atom stereocenters. The van der Waals surface area contributed by atoms with Crippen LogP contribution in [0.2, 0.25) is 0 Å². The molecule has 1 N–H and O–H groups in total. The first-order valence-corrected chi connectivity index (χ1v) is 9.82. The monoisotopic (exact) mass is 415 g/mol. The van der Waals surface area contributed by atoms with Crippen molar-refractivity contribution < 1.29 is 14.3 Å². The summed E-state index contributed by atoms with van der Waals surface area (Å²) in [5.41, 5.74) is 2.55. The highest BCUT2D eigenvalue weighted by atomic mass is 16.5. The lowest BCUT2D eigenvalue weighted by atomic mass is 10.1. The number of aryl methyl sites for hydroxylation is 1. The molecule has 0 saturated heterocycles. The van der Waals surface area contributed by atoms with Crippen LogP contribution in [0.25, 0.3) is 22.2 Å². The van der Waals surface area contributed by atoms with E-state index in [2.05, 4.69) is 20.7 Å². The summed E-state index contributed by atoms with van der Waals surface area (Å²) in [4.78, 5) is 25.8. The van der Waals surface area contributed by atoms with Crippen LogP contribution in [0.4, 0.5) is 5.69 Å². The number of benzene rings is 3. The van der Waals surface area contributed by atoms with Crippen LogP contribution in [0, 0.1) is 6.92 Å². The van der Waals surface area contributed by atoms with E-state index in [1.807, 2.05) is 67.6 Å². The number of nitrogens with zero attached hydrogens (tertiary/aromatic N) is 4. The minimum absolute atomic E-state index is 0.244. The maximum atomic E-state index is 12.4. The molecule has 8 nitrogen and oxygen atoms in total. The Morgan fingerprint density at radius 2 is 1.77 bits per heavy atom. The van der Waals surface area contributed by atoms with E-state index in [1.165, 1.54) is 6.92 Å². The van der Waals surface area contributed by atoms with Crippen molar-refractivity contribution in [2.75, 3.05) is 5.32 Å². The molecular formula is C23H21N5O3. The first-order chi connectivity index (χ1) is 15.0. The Balaban J connectivity index is 1.33. The number of anilines is 1. The molecule has 0 saturated carbocycles. The molecule has 8 heteroatoms. The largest absolute Gasteiger partial charge is 0.451 e. The van der Waals surface area contributed by atoms with Gasteiger partial charge in [-0.2, -0.15) is 4.80 Å². The zero-order valence-electron chi connectivity index (χ0n) is 17.1. The number of ether oxygens (including phenoxy) is 1. The molecule has 1 aromatic heterocycles. The molecule has 31 heavy (non-hydrogen) atoms. The predicted molar refractivity (Wildman–Crippen MR) is 116 cm³/mol. The summed E-state index contributed by atoms with van der Waals surface area (Å²) in [6.07, 6.45) is -0.973. The third kappa shape index (κ3) is 4.92. The predicted octanol–water partition coefficient (Wildman–Crippen LogP) is 3.37. The van der Waals surface area contributed by atoms with Gasteiger partial charge in [-0.1, -0.05) is 60.2 Å². The molecule has 0 fully saturated rings. The first kappa shape index (κ1) is 20.2. The fourth-order valence-electron chi connectivity index (χ4n) is 3.04. The number of carbonyl (C=O) groups excluding carboxylic acids is 2. The summed E-state index contributed by atoms with van der Waals surface area (Å²) in [7, 11) is 0. The lowest BCUT2D eigenvalue weighted by Gasteiger charge is -2.13. The van der Waals surface area contributed by atoms with Crippen molar-refractivity contribution in [1.82, 2.24) is 20.2 Å². The second kappa shape index (κ2) is 8.74. The summed E-state index contributed by atoms with van der Waals surface area (Å²) >= 11 is 0. The van der Waals surface area contributed by atoms with Crippen molar-refractivity contribution >= 4 is 28.3 Å². The van der Waals surface area contributed by atoms with Crippen LogP contribution in [0.3, 0.4) is 0 Å². The summed E-state index contributed by atoms with van der Waals surface area (Å²) in [6.45, 7) is 3.26. The average Bonchev–Trinajstić information content (AvgIpc) is 3.22. The van der Waals surface area contributed by atoms with E-state index in [4.69, 9.17) is 4.74 Å². The van der Waals surface area contributed by atoms with Crippen molar-refractivity contribution in [3.05, 3.63) is 72.3 Å². The number of fused-ring (bicyclic) bond motifs is 1. The van der Waals surface area contributed by atoms with E-state index < -0.39 is 18.0 Å². The maximum absolute atomic E-state index is 12.4. The molecule has 0 bridgehead atoms. The zero-order chi connectivity index (χ0) is 21.8. The topological polar surface area (TPSA) is 99.0 Å². The highest BCUT2D eigenvalue weighted by Crippen LogP contribution is 2.19. The molecule has 0 radical (unpaired) electrons. The number of carbonyl (C=O) groups is 2. The average molecular weight is 415 g/mol. The van der Waals surface area contributed by atoms with Gasteiger partial charge in [-0.15, -0.1) is 10.2 Å². The molecule has 0 aliphatic rings. The van der Waals surface area contributed by atoms with E-state index in [9.17, 15) is 9.59 Å². The van der Waals surface area contributed by atoms with Crippen LogP contribution in [0.15, 0.2) is 66.7 Å². The molecule has 0 aliphatic carbocycles. The van der Waals surface area contributed by atoms with E-state index >= 15 is 0 Å². The molecule has 1 atom stereocenters. The lowest BCUT2D eigenvalue weighted by molar-refractivity contribution is -0.154. The Morgan fingerprint density at radius 3 is 2.55 bits per heavy atom. The normalized spacial score (nSPS) is 11.8. The molecule has 156 valence electrons. The number of esters is 1. The van der Waals surface area contributed by atoms with E-state index in [-0.39, 0.29) is 6.54 Å². The van der Waals surface area contributed by atoms with Gasteiger partial charge in [0.25, 0.3) is 5.91 Å². The van der Waals surface area contributed by atoms with Crippen LogP contribution in [-0.4, -0.2) is 38.2 Å². The van der Waals surface area contributed by atoms with Gasteiger partial charge in [0.15, 0.2) is 12.6 Å². The van der Waals surface area contributed by atoms with Crippen LogP contribution >= 0.6 is 0 Å². The van der Waals surface area contributed by atoms with Gasteiger partial charge in [0, 0.05) is 11.3 Å². The molecule has 3 aromatic carbocycles. The number of amides is 1. The second-order valence-electron chi connectivity index (χ2n) is 7.19. The van der Waals surface area contributed by atoms with Gasteiger partial charge in [0.1, 0.15) is 0 Å².